The Labute approximate surface area is 84.9 Å². The highest BCUT2D eigenvalue weighted by atomic mass is 79.9. The second kappa shape index (κ2) is 4.28. The van der Waals surface area contributed by atoms with Crippen molar-refractivity contribution in [3.05, 3.63) is 34.7 Å². The fraction of sp³-hybridized carbons (Fsp3) is 0.222. The van der Waals surface area contributed by atoms with E-state index in [9.17, 15) is 4.79 Å². The number of rotatable bonds is 3. The molecular formula is C9H10BrNO2. The monoisotopic (exact) mass is 243 g/mol. The highest BCUT2D eigenvalue weighted by Crippen LogP contribution is 2.16. The average molecular weight is 244 g/mol. The van der Waals surface area contributed by atoms with Crippen molar-refractivity contribution in [2.45, 2.75) is 6.92 Å². The molecule has 0 aliphatic heterocycles. The maximum Gasteiger partial charge on any atom is 0.256 e. The molecular weight excluding hydrogens is 234 g/mol. The van der Waals surface area contributed by atoms with Crippen molar-refractivity contribution in [1.29, 1.82) is 0 Å². The molecule has 0 saturated carbocycles. The summed E-state index contributed by atoms with van der Waals surface area (Å²) in [5.41, 5.74) is 1.41. The van der Waals surface area contributed by atoms with Crippen LogP contribution in [0.4, 0.5) is 0 Å². The lowest BCUT2D eigenvalue weighted by Gasteiger charge is -2.02. The standard InChI is InChI=1S/C9H10BrNO2/c1-6(2)5-11-9(12)7-3-4-13-8(7)10/h3-4H,1,5H2,2H3,(H,11,12). The van der Waals surface area contributed by atoms with Gasteiger partial charge in [0.25, 0.3) is 5.91 Å². The molecule has 0 spiro atoms. The van der Waals surface area contributed by atoms with E-state index >= 15 is 0 Å². The van der Waals surface area contributed by atoms with E-state index in [1.165, 1.54) is 6.26 Å². The van der Waals surface area contributed by atoms with E-state index in [0.29, 0.717) is 16.8 Å². The molecule has 0 aliphatic rings. The molecule has 0 bridgehead atoms. The zero-order chi connectivity index (χ0) is 9.84. The predicted molar refractivity (Wildman–Crippen MR) is 53.6 cm³/mol. The van der Waals surface area contributed by atoms with Crippen molar-refractivity contribution in [3.8, 4) is 0 Å². The molecule has 13 heavy (non-hydrogen) atoms. The third kappa shape index (κ3) is 2.73. The van der Waals surface area contributed by atoms with Crippen LogP contribution in [0.2, 0.25) is 0 Å². The van der Waals surface area contributed by atoms with E-state index in [-0.39, 0.29) is 5.91 Å². The fourth-order valence-electron chi connectivity index (χ4n) is 0.782. The first-order valence-corrected chi connectivity index (χ1v) is 4.56. The Kier molecular flexibility index (Phi) is 3.31. The smallest absolute Gasteiger partial charge is 0.256 e. The first kappa shape index (κ1) is 10.1. The van der Waals surface area contributed by atoms with E-state index in [2.05, 4.69) is 27.8 Å². The maximum absolute atomic E-state index is 11.4. The lowest BCUT2D eigenvalue weighted by molar-refractivity contribution is 0.0955. The lowest BCUT2D eigenvalue weighted by atomic mass is 10.3. The summed E-state index contributed by atoms with van der Waals surface area (Å²) in [6.07, 6.45) is 1.46. The minimum absolute atomic E-state index is 0.163. The van der Waals surface area contributed by atoms with Crippen LogP contribution in [-0.2, 0) is 0 Å². The number of carbonyl (C=O) groups excluding carboxylic acids is 1. The summed E-state index contributed by atoms with van der Waals surface area (Å²) in [6.45, 7) is 6.02. The average Bonchev–Trinajstić information content (AvgIpc) is 2.47. The molecule has 1 N–H and O–H groups in total. The fourth-order valence-corrected chi connectivity index (χ4v) is 1.20. The number of halogens is 1. The molecule has 0 unspecified atom stereocenters. The molecule has 70 valence electrons. The molecule has 0 aliphatic carbocycles. The molecule has 0 fully saturated rings. The number of carbonyl (C=O) groups is 1. The van der Waals surface area contributed by atoms with Crippen LogP contribution in [0, 0.1) is 0 Å². The van der Waals surface area contributed by atoms with Crippen molar-refractivity contribution in [2.24, 2.45) is 0 Å². The summed E-state index contributed by atoms with van der Waals surface area (Å²) < 4.78 is 5.38. The molecule has 1 aromatic rings. The zero-order valence-corrected chi connectivity index (χ0v) is 8.85. The molecule has 0 saturated heterocycles. The van der Waals surface area contributed by atoms with E-state index in [0.717, 1.165) is 5.57 Å². The lowest BCUT2D eigenvalue weighted by Crippen LogP contribution is -2.24. The van der Waals surface area contributed by atoms with Crippen LogP contribution >= 0.6 is 15.9 Å². The molecule has 1 amide bonds. The Morgan fingerprint density at radius 2 is 2.46 bits per heavy atom. The van der Waals surface area contributed by atoms with Gasteiger partial charge in [-0.05, 0) is 28.9 Å². The van der Waals surface area contributed by atoms with Gasteiger partial charge in [0.2, 0.25) is 0 Å². The minimum atomic E-state index is -0.163. The van der Waals surface area contributed by atoms with Crippen LogP contribution in [0.1, 0.15) is 17.3 Å². The van der Waals surface area contributed by atoms with E-state index < -0.39 is 0 Å². The number of hydrogen-bond acceptors (Lipinski definition) is 2. The van der Waals surface area contributed by atoms with Gasteiger partial charge in [-0.25, -0.2) is 0 Å². The van der Waals surface area contributed by atoms with Crippen molar-refractivity contribution < 1.29 is 9.21 Å². The second-order valence-electron chi connectivity index (χ2n) is 2.75. The summed E-state index contributed by atoms with van der Waals surface area (Å²) in [5.74, 6) is -0.163. The number of furan rings is 1. The van der Waals surface area contributed by atoms with Crippen LogP contribution in [0.3, 0.4) is 0 Å². The summed E-state index contributed by atoms with van der Waals surface area (Å²) in [7, 11) is 0. The van der Waals surface area contributed by atoms with Gasteiger partial charge in [0.15, 0.2) is 4.67 Å². The van der Waals surface area contributed by atoms with Crippen molar-refractivity contribution in [3.63, 3.8) is 0 Å². The maximum atomic E-state index is 11.4. The Bertz CT molecular complexity index is 330. The molecule has 1 rings (SSSR count). The third-order valence-electron chi connectivity index (χ3n) is 1.41. The molecule has 4 heteroatoms. The zero-order valence-electron chi connectivity index (χ0n) is 7.26. The number of amides is 1. The summed E-state index contributed by atoms with van der Waals surface area (Å²) in [6, 6.07) is 1.61. The molecule has 1 heterocycles. The van der Waals surface area contributed by atoms with Crippen LogP contribution < -0.4 is 5.32 Å². The predicted octanol–water partition coefficient (Wildman–Crippen LogP) is 2.35. The van der Waals surface area contributed by atoms with Gasteiger partial charge in [-0.3, -0.25) is 4.79 Å². The molecule has 3 nitrogen and oxygen atoms in total. The van der Waals surface area contributed by atoms with Gasteiger partial charge in [-0.15, -0.1) is 0 Å². The highest BCUT2D eigenvalue weighted by Gasteiger charge is 2.11. The number of hydrogen-bond donors (Lipinski definition) is 1. The Morgan fingerprint density at radius 3 is 2.92 bits per heavy atom. The quantitative estimate of drug-likeness (QED) is 0.829. The molecule has 0 radical (unpaired) electrons. The van der Waals surface area contributed by atoms with Gasteiger partial charge in [-0.2, -0.15) is 0 Å². The summed E-state index contributed by atoms with van der Waals surface area (Å²) >= 11 is 3.12. The van der Waals surface area contributed by atoms with Crippen LogP contribution in [0.15, 0.2) is 33.6 Å². The second-order valence-corrected chi connectivity index (χ2v) is 3.47. The largest absolute Gasteiger partial charge is 0.457 e. The minimum Gasteiger partial charge on any atom is -0.457 e. The summed E-state index contributed by atoms with van der Waals surface area (Å²) in [5, 5.41) is 2.70. The first-order valence-electron chi connectivity index (χ1n) is 3.77. The molecule has 0 atom stereocenters. The van der Waals surface area contributed by atoms with E-state index in [1.54, 1.807) is 6.07 Å². The SMILES string of the molecule is C=C(C)CNC(=O)c1ccoc1Br. The summed E-state index contributed by atoms with van der Waals surface area (Å²) in [4.78, 5) is 11.4. The molecule has 1 aromatic heterocycles. The third-order valence-corrected chi connectivity index (χ3v) is 2.03. The van der Waals surface area contributed by atoms with Crippen LogP contribution in [0.25, 0.3) is 0 Å². The van der Waals surface area contributed by atoms with Crippen LogP contribution in [0.5, 0.6) is 0 Å². The van der Waals surface area contributed by atoms with Crippen molar-refractivity contribution in [1.82, 2.24) is 5.32 Å². The highest BCUT2D eigenvalue weighted by molar-refractivity contribution is 9.10. The topological polar surface area (TPSA) is 42.2 Å². The van der Waals surface area contributed by atoms with Gasteiger partial charge in [0.1, 0.15) is 0 Å². The van der Waals surface area contributed by atoms with Gasteiger partial charge in [-0.1, -0.05) is 12.2 Å². The first-order chi connectivity index (χ1) is 6.11. The van der Waals surface area contributed by atoms with Gasteiger partial charge < -0.3 is 9.73 Å². The van der Waals surface area contributed by atoms with Gasteiger partial charge in [0.05, 0.1) is 11.8 Å². The Hall–Kier alpha value is -1.03. The Balaban J connectivity index is 2.59. The van der Waals surface area contributed by atoms with E-state index in [1.807, 2.05) is 6.92 Å². The Morgan fingerprint density at radius 1 is 1.77 bits per heavy atom. The van der Waals surface area contributed by atoms with Gasteiger partial charge >= 0.3 is 0 Å². The number of nitrogens with one attached hydrogen (secondary N) is 1. The van der Waals surface area contributed by atoms with E-state index in [4.69, 9.17) is 4.42 Å². The molecule has 0 aromatic carbocycles. The normalized spacial score (nSPS) is 9.69. The van der Waals surface area contributed by atoms with Crippen molar-refractivity contribution >= 4 is 21.8 Å². The van der Waals surface area contributed by atoms with Crippen molar-refractivity contribution in [2.75, 3.05) is 6.54 Å². The van der Waals surface area contributed by atoms with Gasteiger partial charge in [0, 0.05) is 6.54 Å². The van der Waals surface area contributed by atoms with Crippen LogP contribution in [-0.4, -0.2) is 12.5 Å².